The number of aliphatic hydroxyl groups excluding tert-OH is 1. The van der Waals surface area contributed by atoms with Crippen LogP contribution in [0.2, 0.25) is 0 Å². The molecule has 0 saturated carbocycles. The van der Waals surface area contributed by atoms with Gasteiger partial charge in [-0.05, 0) is 52.7 Å². The van der Waals surface area contributed by atoms with Crippen LogP contribution in [-0.2, 0) is 0 Å². The van der Waals surface area contributed by atoms with Gasteiger partial charge < -0.3 is 14.4 Å². The number of likely N-dealkylation sites (tertiary alicyclic amines) is 1. The number of rotatable bonds is 6. The molecule has 2 atom stereocenters. The first-order valence-corrected chi connectivity index (χ1v) is 7.86. The van der Waals surface area contributed by atoms with Crippen LogP contribution in [-0.4, -0.2) is 64.4 Å². The number of piperidine rings is 1. The molecular weight excluding hydrogens is 268 g/mol. The minimum absolute atomic E-state index is 0.154. The van der Waals surface area contributed by atoms with E-state index in [4.69, 9.17) is 4.42 Å². The molecule has 2 heterocycles. The van der Waals surface area contributed by atoms with Crippen molar-refractivity contribution < 1.29 is 9.52 Å². The van der Waals surface area contributed by atoms with E-state index in [-0.39, 0.29) is 12.1 Å². The van der Waals surface area contributed by atoms with Gasteiger partial charge in [0.2, 0.25) is 11.8 Å². The van der Waals surface area contributed by atoms with Crippen LogP contribution in [0.3, 0.4) is 0 Å². The van der Waals surface area contributed by atoms with E-state index in [2.05, 4.69) is 34.0 Å². The van der Waals surface area contributed by atoms with Gasteiger partial charge in [0, 0.05) is 20.0 Å². The quantitative estimate of drug-likeness (QED) is 0.857. The monoisotopic (exact) mass is 296 g/mol. The predicted octanol–water partition coefficient (Wildman–Crippen LogP) is 1.46. The van der Waals surface area contributed by atoms with Gasteiger partial charge in [-0.3, -0.25) is 4.90 Å². The summed E-state index contributed by atoms with van der Waals surface area (Å²) in [7, 11) is 2.12. The molecule has 0 spiro atoms. The van der Waals surface area contributed by atoms with E-state index in [1.807, 2.05) is 13.8 Å². The van der Waals surface area contributed by atoms with Gasteiger partial charge in [0.25, 0.3) is 0 Å². The molecule has 0 radical (unpaired) electrons. The average Bonchev–Trinajstić information content (AvgIpc) is 2.86. The standard InChI is InChI=1S/C15H28N4O2/c1-11(20)9-19-7-5-14(6-8-19)10-18(4)12(2)15-17-16-13(3)21-15/h11-12,14,20H,5-10H2,1-4H3/t11-,12-/m0/s1. The number of hydrogen-bond acceptors (Lipinski definition) is 6. The Morgan fingerprint density at radius 3 is 2.52 bits per heavy atom. The van der Waals surface area contributed by atoms with Crippen molar-refractivity contribution in [1.29, 1.82) is 0 Å². The Bertz CT molecular complexity index is 427. The minimum atomic E-state index is -0.231. The molecule has 1 aliphatic heterocycles. The number of hydrogen-bond donors (Lipinski definition) is 1. The molecule has 6 heteroatoms. The van der Waals surface area contributed by atoms with Crippen LogP contribution in [0.1, 0.15) is 44.5 Å². The molecule has 6 nitrogen and oxygen atoms in total. The first-order chi connectivity index (χ1) is 9.95. The van der Waals surface area contributed by atoms with Gasteiger partial charge in [0.15, 0.2) is 0 Å². The van der Waals surface area contributed by atoms with Crippen LogP contribution < -0.4 is 0 Å². The van der Waals surface area contributed by atoms with Crippen LogP contribution in [0.15, 0.2) is 4.42 Å². The SMILES string of the molecule is Cc1nnc([C@H](C)N(C)CC2CCN(C[C@H](C)O)CC2)o1. The summed E-state index contributed by atoms with van der Waals surface area (Å²) in [6.45, 7) is 9.78. The van der Waals surface area contributed by atoms with Gasteiger partial charge in [-0.25, -0.2) is 0 Å². The normalized spacial score (nSPS) is 20.9. The Kier molecular flexibility index (Phi) is 5.72. The van der Waals surface area contributed by atoms with E-state index in [1.54, 1.807) is 0 Å². The number of β-amino-alcohol motifs (C(OH)–C–C–N with tert-alkyl or cyclic N) is 1. The molecule has 1 aromatic heterocycles. The summed E-state index contributed by atoms with van der Waals surface area (Å²) < 4.78 is 5.52. The molecule has 1 fully saturated rings. The van der Waals surface area contributed by atoms with Crippen LogP contribution in [0.5, 0.6) is 0 Å². The molecule has 1 N–H and O–H groups in total. The van der Waals surface area contributed by atoms with Gasteiger partial charge in [-0.15, -0.1) is 10.2 Å². The fourth-order valence-corrected chi connectivity index (χ4v) is 2.96. The third-order valence-corrected chi connectivity index (χ3v) is 4.34. The molecule has 0 bridgehead atoms. The number of aromatic nitrogens is 2. The fourth-order valence-electron chi connectivity index (χ4n) is 2.96. The van der Waals surface area contributed by atoms with Crippen LogP contribution >= 0.6 is 0 Å². The lowest BCUT2D eigenvalue weighted by Gasteiger charge is -2.35. The molecule has 120 valence electrons. The Balaban J connectivity index is 1.77. The van der Waals surface area contributed by atoms with Gasteiger partial charge in [-0.2, -0.15) is 0 Å². The highest BCUT2D eigenvalue weighted by atomic mass is 16.4. The molecule has 0 aromatic carbocycles. The Morgan fingerprint density at radius 2 is 2.00 bits per heavy atom. The third kappa shape index (κ3) is 4.76. The van der Waals surface area contributed by atoms with Crippen molar-refractivity contribution in [2.45, 2.75) is 45.8 Å². The summed E-state index contributed by atoms with van der Waals surface area (Å²) in [6.07, 6.45) is 2.14. The van der Waals surface area contributed by atoms with E-state index < -0.39 is 0 Å². The summed E-state index contributed by atoms with van der Waals surface area (Å²) in [6, 6.07) is 0.154. The van der Waals surface area contributed by atoms with Crippen LogP contribution in [0, 0.1) is 12.8 Å². The zero-order valence-electron chi connectivity index (χ0n) is 13.6. The lowest BCUT2D eigenvalue weighted by molar-refractivity contribution is 0.0865. The van der Waals surface area contributed by atoms with E-state index >= 15 is 0 Å². The highest BCUT2D eigenvalue weighted by Gasteiger charge is 2.24. The van der Waals surface area contributed by atoms with E-state index in [0.29, 0.717) is 17.7 Å². The maximum Gasteiger partial charge on any atom is 0.233 e. The molecule has 0 aliphatic carbocycles. The van der Waals surface area contributed by atoms with Crippen molar-refractivity contribution in [1.82, 2.24) is 20.0 Å². The minimum Gasteiger partial charge on any atom is -0.424 e. The number of nitrogens with zero attached hydrogens (tertiary/aromatic N) is 4. The van der Waals surface area contributed by atoms with E-state index in [1.165, 1.54) is 12.8 Å². The molecule has 21 heavy (non-hydrogen) atoms. The molecule has 1 aliphatic rings. The number of aliphatic hydroxyl groups is 1. The predicted molar refractivity (Wildman–Crippen MR) is 80.9 cm³/mol. The van der Waals surface area contributed by atoms with Crippen molar-refractivity contribution in [3.05, 3.63) is 11.8 Å². The zero-order chi connectivity index (χ0) is 15.4. The molecule has 1 saturated heterocycles. The van der Waals surface area contributed by atoms with Crippen molar-refractivity contribution in [3.8, 4) is 0 Å². The van der Waals surface area contributed by atoms with Crippen molar-refractivity contribution in [2.24, 2.45) is 5.92 Å². The molecular formula is C15H28N4O2. The Morgan fingerprint density at radius 1 is 1.33 bits per heavy atom. The molecule has 0 amide bonds. The third-order valence-electron chi connectivity index (χ3n) is 4.34. The second-order valence-electron chi connectivity index (χ2n) is 6.37. The second-order valence-corrected chi connectivity index (χ2v) is 6.37. The maximum atomic E-state index is 9.44. The van der Waals surface area contributed by atoms with Crippen molar-refractivity contribution in [2.75, 3.05) is 33.2 Å². The summed E-state index contributed by atoms with van der Waals surface area (Å²) in [4.78, 5) is 4.65. The van der Waals surface area contributed by atoms with E-state index in [0.717, 1.165) is 26.2 Å². The highest BCUT2D eigenvalue weighted by Crippen LogP contribution is 2.23. The van der Waals surface area contributed by atoms with Gasteiger partial charge >= 0.3 is 0 Å². The largest absolute Gasteiger partial charge is 0.424 e. The zero-order valence-corrected chi connectivity index (χ0v) is 13.6. The average molecular weight is 296 g/mol. The molecule has 1 aromatic rings. The maximum absolute atomic E-state index is 9.44. The van der Waals surface area contributed by atoms with Gasteiger partial charge in [0.1, 0.15) is 0 Å². The lowest BCUT2D eigenvalue weighted by Crippen LogP contribution is -2.41. The topological polar surface area (TPSA) is 65.6 Å². The van der Waals surface area contributed by atoms with Gasteiger partial charge in [0.05, 0.1) is 12.1 Å². The summed E-state index contributed by atoms with van der Waals surface area (Å²) in [5.41, 5.74) is 0. The van der Waals surface area contributed by atoms with Crippen molar-refractivity contribution >= 4 is 0 Å². The van der Waals surface area contributed by atoms with Crippen molar-refractivity contribution in [3.63, 3.8) is 0 Å². The Labute approximate surface area is 127 Å². The summed E-state index contributed by atoms with van der Waals surface area (Å²) in [5.74, 6) is 2.02. The summed E-state index contributed by atoms with van der Waals surface area (Å²) >= 11 is 0. The molecule has 2 rings (SSSR count). The smallest absolute Gasteiger partial charge is 0.233 e. The Hall–Kier alpha value is -0.980. The lowest BCUT2D eigenvalue weighted by atomic mass is 9.95. The van der Waals surface area contributed by atoms with Gasteiger partial charge in [-0.1, -0.05) is 0 Å². The van der Waals surface area contributed by atoms with Crippen LogP contribution in [0.4, 0.5) is 0 Å². The van der Waals surface area contributed by atoms with E-state index in [9.17, 15) is 5.11 Å². The second kappa shape index (κ2) is 7.33. The fraction of sp³-hybridized carbons (Fsp3) is 0.867. The van der Waals surface area contributed by atoms with Crippen LogP contribution in [0.25, 0.3) is 0 Å². The number of aryl methyl sites for hydroxylation is 1. The first-order valence-electron chi connectivity index (χ1n) is 7.86. The highest BCUT2D eigenvalue weighted by molar-refractivity contribution is 4.88. The first kappa shape index (κ1) is 16.4. The summed E-state index contributed by atoms with van der Waals surface area (Å²) in [5, 5.41) is 17.5. The molecule has 0 unspecified atom stereocenters.